The molecule has 2 rings (SSSR count). The fourth-order valence-corrected chi connectivity index (χ4v) is 2.95. The van der Waals surface area contributed by atoms with Crippen molar-refractivity contribution in [3.05, 3.63) is 17.9 Å². The van der Waals surface area contributed by atoms with Crippen molar-refractivity contribution >= 4 is 0 Å². The molecule has 2 aliphatic rings. The van der Waals surface area contributed by atoms with E-state index in [0.29, 0.717) is 0 Å². The van der Waals surface area contributed by atoms with Crippen molar-refractivity contribution < 1.29 is 5.11 Å². The van der Waals surface area contributed by atoms with Crippen LogP contribution in [0, 0.1) is 5.92 Å². The first-order chi connectivity index (χ1) is 7.79. The molecule has 0 saturated heterocycles. The Hall–Kier alpha value is -0.520. The van der Waals surface area contributed by atoms with Gasteiger partial charge < -0.3 is 5.11 Å². The molecule has 0 heterocycles. The van der Waals surface area contributed by atoms with Gasteiger partial charge in [-0.25, -0.2) is 0 Å². The van der Waals surface area contributed by atoms with Crippen LogP contribution in [-0.2, 0) is 0 Å². The summed E-state index contributed by atoms with van der Waals surface area (Å²) < 4.78 is 0. The third-order valence-corrected chi connectivity index (χ3v) is 4.05. The summed E-state index contributed by atoms with van der Waals surface area (Å²) in [5.41, 5.74) is 2.73. The molecular formula is C15H24O. The van der Waals surface area contributed by atoms with Crippen LogP contribution in [0.25, 0.3) is 0 Å². The van der Waals surface area contributed by atoms with E-state index in [1.165, 1.54) is 38.5 Å². The Morgan fingerprint density at radius 2 is 1.56 bits per heavy atom. The number of hydrogen-bond donors (Lipinski definition) is 1. The molecule has 0 amide bonds. The van der Waals surface area contributed by atoms with Gasteiger partial charge in [0.05, 0.1) is 5.60 Å². The molecule has 1 nitrogen and oxygen atoms in total. The van der Waals surface area contributed by atoms with Gasteiger partial charge in [-0.3, -0.25) is 0 Å². The van der Waals surface area contributed by atoms with E-state index in [1.54, 1.807) is 0 Å². The first-order valence-electron chi connectivity index (χ1n) is 6.95. The highest BCUT2D eigenvalue weighted by Gasteiger charge is 2.25. The van der Waals surface area contributed by atoms with Crippen LogP contribution in [0.1, 0.15) is 64.2 Å². The van der Waals surface area contributed by atoms with Gasteiger partial charge in [-0.15, -0.1) is 5.73 Å². The van der Waals surface area contributed by atoms with Gasteiger partial charge in [-0.05, 0) is 43.8 Å². The lowest BCUT2D eigenvalue weighted by atomic mass is 9.84. The second-order valence-electron chi connectivity index (χ2n) is 5.54. The molecule has 0 aromatic rings. The molecule has 2 fully saturated rings. The van der Waals surface area contributed by atoms with Crippen molar-refractivity contribution in [3.63, 3.8) is 0 Å². The highest BCUT2D eigenvalue weighted by Crippen LogP contribution is 2.29. The topological polar surface area (TPSA) is 20.2 Å². The second-order valence-corrected chi connectivity index (χ2v) is 5.54. The molecule has 16 heavy (non-hydrogen) atoms. The largest absolute Gasteiger partial charge is 0.385 e. The second kappa shape index (κ2) is 5.70. The Labute approximate surface area is 99.3 Å². The van der Waals surface area contributed by atoms with Gasteiger partial charge in [0.25, 0.3) is 0 Å². The van der Waals surface area contributed by atoms with E-state index in [2.05, 4.69) is 11.8 Å². The minimum Gasteiger partial charge on any atom is -0.385 e. The average Bonchev–Trinajstić information content (AvgIpc) is 2.31. The summed E-state index contributed by atoms with van der Waals surface area (Å²) in [7, 11) is 0. The van der Waals surface area contributed by atoms with Crippen molar-refractivity contribution in [2.75, 3.05) is 0 Å². The van der Waals surface area contributed by atoms with E-state index >= 15 is 0 Å². The number of aliphatic hydroxyl groups is 1. The lowest BCUT2D eigenvalue weighted by Gasteiger charge is -2.28. The zero-order chi connectivity index (χ0) is 11.3. The molecule has 0 atom stereocenters. The third-order valence-electron chi connectivity index (χ3n) is 4.05. The first-order valence-corrected chi connectivity index (χ1v) is 6.95. The normalized spacial score (nSPS) is 25.8. The molecule has 2 aliphatic carbocycles. The Balaban J connectivity index is 1.88. The molecule has 0 radical (unpaired) electrons. The Kier molecular flexibility index (Phi) is 4.26. The lowest BCUT2D eigenvalue weighted by molar-refractivity contribution is 0.0515. The highest BCUT2D eigenvalue weighted by atomic mass is 16.3. The van der Waals surface area contributed by atoms with E-state index in [-0.39, 0.29) is 0 Å². The van der Waals surface area contributed by atoms with Gasteiger partial charge in [0.1, 0.15) is 0 Å². The maximum atomic E-state index is 10.3. The van der Waals surface area contributed by atoms with E-state index in [4.69, 9.17) is 0 Å². The molecule has 0 aromatic carbocycles. The fourth-order valence-electron chi connectivity index (χ4n) is 2.95. The summed E-state index contributed by atoms with van der Waals surface area (Å²) in [6.45, 7) is 0. The van der Waals surface area contributed by atoms with Crippen LogP contribution in [0.5, 0.6) is 0 Å². The minimum absolute atomic E-state index is 0.538. The van der Waals surface area contributed by atoms with E-state index < -0.39 is 5.60 Å². The van der Waals surface area contributed by atoms with Crippen molar-refractivity contribution in [1.29, 1.82) is 0 Å². The van der Waals surface area contributed by atoms with Crippen LogP contribution in [0.3, 0.4) is 0 Å². The van der Waals surface area contributed by atoms with Gasteiger partial charge in [-0.2, -0.15) is 0 Å². The van der Waals surface area contributed by atoms with Gasteiger partial charge in [0, 0.05) is 0 Å². The zero-order valence-electron chi connectivity index (χ0n) is 10.3. The van der Waals surface area contributed by atoms with Gasteiger partial charge >= 0.3 is 0 Å². The standard InChI is InChI=1S/C15H24O/c16-15(11-5-2-6-12-15)13-7-10-14-8-3-1-4-9-14/h10,13-14,16H,1-6,8-9,11-12H2. The van der Waals surface area contributed by atoms with Crippen molar-refractivity contribution in [2.45, 2.75) is 69.8 Å². The summed E-state index contributed by atoms with van der Waals surface area (Å²) >= 11 is 0. The van der Waals surface area contributed by atoms with E-state index in [0.717, 1.165) is 31.6 Å². The summed E-state index contributed by atoms with van der Waals surface area (Å²) in [4.78, 5) is 0. The molecule has 1 N–H and O–H groups in total. The van der Waals surface area contributed by atoms with Crippen LogP contribution >= 0.6 is 0 Å². The molecule has 0 aromatic heterocycles. The lowest BCUT2D eigenvalue weighted by Crippen LogP contribution is -2.28. The van der Waals surface area contributed by atoms with Crippen molar-refractivity contribution in [1.82, 2.24) is 0 Å². The first kappa shape index (κ1) is 12.0. The predicted molar refractivity (Wildman–Crippen MR) is 67.3 cm³/mol. The molecule has 0 bridgehead atoms. The smallest absolute Gasteiger partial charge is 0.0900 e. The highest BCUT2D eigenvalue weighted by molar-refractivity contribution is 5.03. The quantitative estimate of drug-likeness (QED) is 0.698. The van der Waals surface area contributed by atoms with Gasteiger partial charge in [0.15, 0.2) is 0 Å². The van der Waals surface area contributed by atoms with Gasteiger partial charge in [0.2, 0.25) is 0 Å². The molecule has 0 unspecified atom stereocenters. The molecular weight excluding hydrogens is 196 g/mol. The maximum Gasteiger partial charge on any atom is 0.0900 e. The Bertz CT molecular complexity index is 261. The summed E-state index contributed by atoms with van der Waals surface area (Å²) in [6, 6.07) is 0. The van der Waals surface area contributed by atoms with Gasteiger partial charge in [-0.1, -0.05) is 38.5 Å². The number of rotatable bonds is 2. The Morgan fingerprint density at radius 3 is 2.25 bits per heavy atom. The van der Waals surface area contributed by atoms with Crippen LogP contribution in [0.15, 0.2) is 17.9 Å². The molecule has 0 spiro atoms. The summed E-state index contributed by atoms with van der Waals surface area (Å²) in [6.07, 6.45) is 16.4. The third kappa shape index (κ3) is 3.50. The Morgan fingerprint density at radius 1 is 0.938 bits per heavy atom. The van der Waals surface area contributed by atoms with Crippen LogP contribution in [0.2, 0.25) is 0 Å². The molecule has 90 valence electrons. The van der Waals surface area contributed by atoms with Crippen LogP contribution < -0.4 is 0 Å². The summed E-state index contributed by atoms with van der Waals surface area (Å²) in [5, 5.41) is 10.3. The van der Waals surface area contributed by atoms with Crippen molar-refractivity contribution in [2.24, 2.45) is 5.92 Å². The van der Waals surface area contributed by atoms with Crippen LogP contribution in [-0.4, -0.2) is 10.7 Å². The zero-order valence-corrected chi connectivity index (χ0v) is 10.3. The molecule has 2 saturated carbocycles. The minimum atomic E-state index is -0.538. The monoisotopic (exact) mass is 220 g/mol. The van der Waals surface area contributed by atoms with Crippen molar-refractivity contribution in [3.8, 4) is 0 Å². The predicted octanol–water partition coefficient (Wildman–Crippen LogP) is 3.97. The maximum absolute atomic E-state index is 10.3. The fraction of sp³-hybridized carbons (Fsp3) is 0.800. The molecule has 1 heteroatoms. The molecule has 0 aliphatic heterocycles. The SMILES string of the molecule is OC1(C=C=CC2CCCCC2)CCCCC1. The van der Waals surface area contributed by atoms with Crippen LogP contribution in [0.4, 0.5) is 0 Å². The van der Waals surface area contributed by atoms with E-state index in [9.17, 15) is 5.11 Å². The van der Waals surface area contributed by atoms with E-state index in [1.807, 2.05) is 6.08 Å². The number of hydrogen-bond acceptors (Lipinski definition) is 1. The summed E-state index contributed by atoms with van der Waals surface area (Å²) in [5.74, 6) is 0.720. The average molecular weight is 220 g/mol.